The highest BCUT2D eigenvalue weighted by molar-refractivity contribution is 8.04. The fourth-order valence-corrected chi connectivity index (χ4v) is 4.42. The number of carbonyl (C=O) groups excluding carboxylic acids is 2. The van der Waals surface area contributed by atoms with E-state index in [0.717, 1.165) is 19.3 Å². The number of rotatable bonds is 4. The lowest BCUT2D eigenvalue weighted by molar-refractivity contribution is -0.119. The van der Waals surface area contributed by atoms with E-state index in [9.17, 15) is 9.59 Å². The first kappa shape index (κ1) is 16.1. The molecule has 1 aliphatic heterocycles. The Bertz CT molecular complexity index is 600. The number of hydrogen-bond acceptors (Lipinski definition) is 3. The van der Waals surface area contributed by atoms with Crippen molar-refractivity contribution in [3.8, 4) is 0 Å². The van der Waals surface area contributed by atoms with E-state index in [0.29, 0.717) is 16.7 Å². The van der Waals surface area contributed by atoms with Crippen molar-refractivity contribution in [1.29, 1.82) is 0 Å². The van der Waals surface area contributed by atoms with E-state index in [1.54, 1.807) is 11.8 Å². The lowest BCUT2D eigenvalue weighted by Gasteiger charge is -2.36. The minimum atomic E-state index is -0.187. The summed E-state index contributed by atoms with van der Waals surface area (Å²) in [7, 11) is 0. The third-order valence-corrected chi connectivity index (χ3v) is 5.76. The summed E-state index contributed by atoms with van der Waals surface area (Å²) in [5, 5.41) is 6.33. The summed E-state index contributed by atoms with van der Waals surface area (Å²) in [6, 6.07) is 10.3. The van der Waals surface area contributed by atoms with Gasteiger partial charge in [-0.2, -0.15) is 0 Å². The summed E-state index contributed by atoms with van der Waals surface area (Å²) in [5.74, 6) is -0.288. The van der Waals surface area contributed by atoms with E-state index >= 15 is 0 Å². The zero-order valence-corrected chi connectivity index (χ0v) is 13.9. The van der Waals surface area contributed by atoms with Crippen molar-refractivity contribution >= 4 is 23.6 Å². The van der Waals surface area contributed by atoms with Crippen LogP contribution in [0.25, 0.3) is 0 Å². The Balaban J connectivity index is 1.51. The minimum absolute atomic E-state index is 0.101. The van der Waals surface area contributed by atoms with Crippen LogP contribution < -0.4 is 10.6 Å². The number of thioether (sulfide) groups is 1. The molecule has 1 aliphatic carbocycles. The van der Waals surface area contributed by atoms with E-state index in [1.165, 1.54) is 24.5 Å². The van der Waals surface area contributed by atoms with Crippen LogP contribution in [-0.2, 0) is 16.0 Å². The first-order valence-electron chi connectivity index (χ1n) is 8.23. The van der Waals surface area contributed by atoms with Crippen molar-refractivity contribution in [1.82, 2.24) is 10.6 Å². The summed E-state index contributed by atoms with van der Waals surface area (Å²) >= 11 is 1.57. The van der Waals surface area contributed by atoms with Crippen LogP contribution in [0.2, 0.25) is 0 Å². The molecule has 1 saturated carbocycles. The van der Waals surface area contributed by atoms with E-state index in [4.69, 9.17) is 0 Å². The number of carbonyl (C=O) groups is 2. The van der Waals surface area contributed by atoms with Gasteiger partial charge >= 0.3 is 0 Å². The smallest absolute Gasteiger partial charge is 0.258 e. The van der Waals surface area contributed by atoms with Gasteiger partial charge in [0.15, 0.2) is 0 Å². The molecule has 0 radical (unpaired) electrons. The lowest BCUT2D eigenvalue weighted by Crippen LogP contribution is -2.48. The van der Waals surface area contributed by atoms with Crippen LogP contribution in [0.3, 0.4) is 0 Å². The van der Waals surface area contributed by atoms with Crippen molar-refractivity contribution in [2.24, 2.45) is 0 Å². The maximum Gasteiger partial charge on any atom is 0.258 e. The van der Waals surface area contributed by atoms with Crippen LogP contribution in [0.1, 0.15) is 31.2 Å². The van der Waals surface area contributed by atoms with Gasteiger partial charge in [0.2, 0.25) is 5.91 Å². The molecule has 0 bridgehead atoms. The molecule has 23 heavy (non-hydrogen) atoms. The second-order valence-corrected chi connectivity index (χ2v) is 7.34. The van der Waals surface area contributed by atoms with Gasteiger partial charge in [0.1, 0.15) is 0 Å². The van der Waals surface area contributed by atoms with Crippen molar-refractivity contribution in [2.75, 3.05) is 6.54 Å². The quantitative estimate of drug-likeness (QED) is 0.834. The van der Waals surface area contributed by atoms with E-state index < -0.39 is 0 Å². The van der Waals surface area contributed by atoms with E-state index in [1.807, 2.05) is 30.3 Å². The number of amides is 2. The zero-order chi connectivity index (χ0) is 16.1. The lowest BCUT2D eigenvalue weighted by atomic mass is 9.94. The third-order valence-electron chi connectivity index (χ3n) is 4.34. The van der Waals surface area contributed by atoms with Crippen LogP contribution in [0.4, 0.5) is 0 Å². The van der Waals surface area contributed by atoms with Gasteiger partial charge in [0, 0.05) is 23.9 Å². The fraction of sp³-hybridized carbons (Fsp3) is 0.444. The predicted molar refractivity (Wildman–Crippen MR) is 93.0 cm³/mol. The van der Waals surface area contributed by atoms with Gasteiger partial charge in [-0.1, -0.05) is 43.2 Å². The SMILES string of the molecule is O=C(/C=C1\SC2CCCCC2NC1=O)NCCc1ccccc1. The Morgan fingerprint density at radius 1 is 1.26 bits per heavy atom. The second-order valence-electron chi connectivity index (χ2n) is 6.06. The normalized spacial score (nSPS) is 25.6. The summed E-state index contributed by atoms with van der Waals surface area (Å²) in [4.78, 5) is 24.7. The van der Waals surface area contributed by atoms with E-state index in [-0.39, 0.29) is 17.9 Å². The molecule has 1 saturated heterocycles. The highest BCUT2D eigenvalue weighted by Crippen LogP contribution is 2.36. The van der Waals surface area contributed by atoms with Gasteiger partial charge < -0.3 is 10.6 Å². The van der Waals surface area contributed by atoms with Crippen LogP contribution >= 0.6 is 11.8 Å². The second kappa shape index (κ2) is 7.68. The summed E-state index contributed by atoms with van der Waals surface area (Å²) < 4.78 is 0. The van der Waals surface area contributed by atoms with Crippen molar-refractivity contribution < 1.29 is 9.59 Å². The molecule has 2 aliphatic rings. The molecule has 0 aromatic heterocycles. The molecule has 1 heterocycles. The molecule has 4 nitrogen and oxygen atoms in total. The molecule has 1 aromatic rings. The Morgan fingerprint density at radius 3 is 2.87 bits per heavy atom. The Hall–Kier alpha value is -1.75. The van der Waals surface area contributed by atoms with Gasteiger partial charge in [0.05, 0.1) is 4.91 Å². The third kappa shape index (κ3) is 4.38. The Morgan fingerprint density at radius 2 is 2.04 bits per heavy atom. The van der Waals surface area contributed by atoms with Crippen molar-refractivity contribution in [3.63, 3.8) is 0 Å². The molecule has 122 valence electrons. The van der Waals surface area contributed by atoms with Gasteiger partial charge in [-0.05, 0) is 24.8 Å². The average Bonchev–Trinajstić information content (AvgIpc) is 2.56. The zero-order valence-electron chi connectivity index (χ0n) is 13.1. The van der Waals surface area contributed by atoms with Crippen molar-refractivity contribution in [2.45, 2.75) is 43.4 Å². The van der Waals surface area contributed by atoms with Crippen LogP contribution in [0.15, 0.2) is 41.3 Å². The standard InChI is InChI=1S/C18H22N2O2S/c21-17(19-11-10-13-6-2-1-3-7-13)12-16-18(22)20-14-8-4-5-9-15(14)23-16/h1-3,6-7,12,14-15H,4-5,8-11H2,(H,19,21)(H,20,22)/b16-12-. The molecule has 5 heteroatoms. The molecule has 2 fully saturated rings. The topological polar surface area (TPSA) is 58.2 Å². The maximum absolute atomic E-state index is 12.1. The van der Waals surface area contributed by atoms with Gasteiger partial charge in [-0.3, -0.25) is 9.59 Å². The van der Waals surface area contributed by atoms with Crippen LogP contribution in [-0.4, -0.2) is 29.7 Å². The average molecular weight is 330 g/mol. The van der Waals surface area contributed by atoms with Gasteiger partial charge in [-0.25, -0.2) is 0 Å². The monoisotopic (exact) mass is 330 g/mol. The van der Waals surface area contributed by atoms with Gasteiger partial charge in [-0.15, -0.1) is 11.8 Å². The van der Waals surface area contributed by atoms with Gasteiger partial charge in [0.25, 0.3) is 5.91 Å². The summed E-state index contributed by atoms with van der Waals surface area (Å²) in [6.45, 7) is 0.574. The van der Waals surface area contributed by atoms with Crippen LogP contribution in [0.5, 0.6) is 0 Å². The predicted octanol–water partition coefficient (Wildman–Crippen LogP) is 2.40. The fourth-order valence-electron chi connectivity index (χ4n) is 3.10. The number of benzene rings is 1. The highest BCUT2D eigenvalue weighted by atomic mass is 32.2. The highest BCUT2D eigenvalue weighted by Gasteiger charge is 2.34. The molecular formula is C18H22N2O2S. The number of hydrogen-bond donors (Lipinski definition) is 2. The molecule has 2 unspecified atom stereocenters. The Kier molecular flexibility index (Phi) is 5.39. The largest absolute Gasteiger partial charge is 0.352 e. The first-order chi connectivity index (χ1) is 11.2. The molecule has 2 N–H and O–H groups in total. The molecule has 1 aromatic carbocycles. The molecule has 0 spiro atoms. The summed E-state index contributed by atoms with van der Waals surface area (Å²) in [5.41, 5.74) is 1.19. The number of fused-ring (bicyclic) bond motifs is 1. The number of nitrogens with one attached hydrogen (secondary N) is 2. The first-order valence-corrected chi connectivity index (χ1v) is 9.11. The Labute approximate surface area is 141 Å². The molecule has 2 atom stereocenters. The summed E-state index contributed by atoms with van der Waals surface area (Å²) in [6.07, 6.45) is 6.81. The van der Waals surface area contributed by atoms with Crippen LogP contribution in [0, 0.1) is 0 Å². The molecular weight excluding hydrogens is 308 g/mol. The maximum atomic E-state index is 12.1. The van der Waals surface area contributed by atoms with Crippen molar-refractivity contribution in [3.05, 3.63) is 46.9 Å². The van der Waals surface area contributed by atoms with E-state index in [2.05, 4.69) is 10.6 Å². The minimum Gasteiger partial charge on any atom is -0.352 e. The molecule has 3 rings (SSSR count). The molecule has 2 amide bonds.